The number of carbonyl (C=O) groups excluding carboxylic acids is 1. The molecule has 0 N–H and O–H groups in total. The third-order valence-corrected chi connectivity index (χ3v) is 5.10. The molecule has 0 saturated carbocycles. The minimum absolute atomic E-state index is 0.00243. The predicted molar refractivity (Wildman–Crippen MR) is 123 cm³/mol. The van der Waals surface area contributed by atoms with E-state index in [0.29, 0.717) is 11.5 Å². The number of allylic oxidation sites excluding steroid dienone is 1. The maximum Gasteiger partial charge on any atom is 0.270 e. The molecule has 0 bridgehead atoms. The Kier molecular flexibility index (Phi) is 6.03. The van der Waals surface area contributed by atoms with Crippen LogP contribution < -0.4 is 0 Å². The second-order valence-electron chi connectivity index (χ2n) is 7.39. The van der Waals surface area contributed by atoms with Crippen molar-refractivity contribution < 1.29 is 14.1 Å². The summed E-state index contributed by atoms with van der Waals surface area (Å²) < 4.78 is 5.40. The summed E-state index contributed by atoms with van der Waals surface area (Å²) in [7, 11) is 0. The maximum atomic E-state index is 12.4. The molecule has 0 fully saturated rings. The van der Waals surface area contributed by atoms with Crippen molar-refractivity contribution >= 4 is 17.5 Å². The normalized spacial score (nSPS) is 11.0. The Hall–Kier alpha value is -4.32. The lowest BCUT2D eigenvalue weighted by Gasteiger charge is -2.09. The fraction of sp³-hybridized carbons (Fsp3) is 0.0769. The lowest BCUT2D eigenvalue weighted by molar-refractivity contribution is -0.384. The summed E-state index contributed by atoms with van der Waals surface area (Å²) in [5.41, 5.74) is 5.65. The van der Waals surface area contributed by atoms with Gasteiger partial charge in [0.25, 0.3) is 5.69 Å². The predicted octanol–water partition coefficient (Wildman–Crippen LogP) is 6.05. The van der Waals surface area contributed by atoms with Crippen LogP contribution in [0.4, 0.5) is 5.69 Å². The van der Waals surface area contributed by atoms with Gasteiger partial charge < -0.3 is 4.42 Å². The molecule has 0 saturated heterocycles. The van der Waals surface area contributed by atoms with Crippen molar-refractivity contribution in [2.45, 2.75) is 13.3 Å². The van der Waals surface area contributed by atoms with Crippen molar-refractivity contribution in [1.29, 1.82) is 0 Å². The van der Waals surface area contributed by atoms with Crippen molar-refractivity contribution in [3.8, 4) is 22.6 Å². The Morgan fingerprint density at radius 1 is 1.06 bits per heavy atom. The first-order chi connectivity index (χ1) is 15.5. The van der Waals surface area contributed by atoms with Gasteiger partial charge >= 0.3 is 0 Å². The van der Waals surface area contributed by atoms with Crippen molar-refractivity contribution in [2.24, 2.45) is 0 Å². The smallest absolute Gasteiger partial charge is 0.270 e. The second kappa shape index (κ2) is 9.22. The van der Waals surface area contributed by atoms with Crippen LogP contribution in [0.15, 0.2) is 89.7 Å². The molecule has 1 heterocycles. The number of nitro benzene ring substituents is 1. The number of aromatic nitrogens is 1. The molecule has 0 radical (unpaired) electrons. The summed E-state index contributed by atoms with van der Waals surface area (Å²) in [6.07, 6.45) is 6.47. The molecule has 0 atom stereocenters. The average Bonchev–Trinajstić information content (AvgIpc) is 3.34. The quantitative estimate of drug-likeness (QED) is 0.205. The van der Waals surface area contributed by atoms with Gasteiger partial charge in [-0.25, -0.2) is 4.98 Å². The molecule has 4 rings (SSSR count). The van der Waals surface area contributed by atoms with Gasteiger partial charge in [0.05, 0.1) is 11.1 Å². The number of aryl methyl sites for hydroxylation is 1. The number of nitro groups is 1. The number of rotatable bonds is 7. The van der Waals surface area contributed by atoms with E-state index in [1.54, 1.807) is 30.7 Å². The SMILES string of the molecule is Cc1ccc(-c2ncco2)cc1-c1ccc(CC(=O)/C=C/c2cccc([N+](=O)[O-])c2)cc1. The number of ketones is 1. The van der Waals surface area contributed by atoms with Crippen LogP contribution in [0.3, 0.4) is 0 Å². The highest BCUT2D eigenvalue weighted by Crippen LogP contribution is 2.29. The molecular formula is C26H20N2O4. The molecule has 0 aliphatic carbocycles. The first-order valence-corrected chi connectivity index (χ1v) is 10.0. The van der Waals surface area contributed by atoms with E-state index in [0.717, 1.165) is 27.8 Å². The van der Waals surface area contributed by atoms with E-state index in [-0.39, 0.29) is 17.9 Å². The molecule has 0 aliphatic heterocycles. The fourth-order valence-electron chi connectivity index (χ4n) is 3.43. The van der Waals surface area contributed by atoms with E-state index in [2.05, 4.69) is 4.98 Å². The number of nitrogens with zero attached hydrogens (tertiary/aromatic N) is 2. The Labute approximate surface area is 185 Å². The van der Waals surface area contributed by atoms with E-state index in [9.17, 15) is 14.9 Å². The summed E-state index contributed by atoms with van der Waals surface area (Å²) in [4.78, 5) is 27.0. The van der Waals surface area contributed by atoms with Gasteiger partial charge in [-0.05, 0) is 52.9 Å². The molecule has 32 heavy (non-hydrogen) atoms. The zero-order chi connectivity index (χ0) is 22.5. The van der Waals surface area contributed by atoms with Gasteiger partial charge in [0.15, 0.2) is 5.78 Å². The number of hydrogen-bond acceptors (Lipinski definition) is 5. The van der Waals surface area contributed by atoms with E-state index >= 15 is 0 Å². The molecule has 0 unspecified atom stereocenters. The highest BCUT2D eigenvalue weighted by Gasteiger charge is 2.09. The molecule has 3 aromatic carbocycles. The number of hydrogen-bond donors (Lipinski definition) is 0. The summed E-state index contributed by atoms with van der Waals surface area (Å²) >= 11 is 0. The molecular weight excluding hydrogens is 404 g/mol. The Morgan fingerprint density at radius 2 is 1.84 bits per heavy atom. The molecule has 4 aromatic rings. The maximum absolute atomic E-state index is 12.4. The number of benzene rings is 3. The number of carbonyl (C=O) groups is 1. The van der Waals surface area contributed by atoms with E-state index in [1.807, 2.05) is 49.4 Å². The van der Waals surface area contributed by atoms with E-state index in [1.165, 1.54) is 18.2 Å². The molecule has 6 heteroatoms. The first kappa shape index (κ1) is 20.9. The first-order valence-electron chi connectivity index (χ1n) is 10.0. The van der Waals surface area contributed by atoms with Crippen LogP contribution in [0.1, 0.15) is 16.7 Å². The summed E-state index contributed by atoms with van der Waals surface area (Å²) in [5, 5.41) is 10.9. The Balaban J connectivity index is 1.46. The summed E-state index contributed by atoms with van der Waals surface area (Å²) in [6, 6.07) is 20.1. The highest BCUT2D eigenvalue weighted by molar-refractivity contribution is 5.95. The Morgan fingerprint density at radius 3 is 2.56 bits per heavy atom. The van der Waals surface area contributed by atoms with Crippen LogP contribution in [-0.2, 0) is 11.2 Å². The molecule has 0 spiro atoms. The molecule has 1 aromatic heterocycles. The molecule has 6 nitrogen and oxygen atoms in total. The van der Waals surface area contributed by atoms with Gasteiger partial charge in [0.1, 0.15) is 6.26 Å². The van der Waals surface area contributed by atoms with Crippen LogP contribution in [0.25, 0.3) is 28.7 Å². The van der Waals surface area contributed by atoms with Crippen LogP contribution in [-0.4, -0.2) is 15.7 Å². The fourth-order valence-corrected chi connectivity index (χ4v) is 3.43. The van der Waals surface area contributed by atoms with E-state index in [4.69, 9.17) is 4.42 Å². The van der Waals surface area contributed by atoms with Gasteiger partial charge in [-0.2, -0.15) is 0 Å². The van der Waals surface area contributed by atoms with Gasteiger partial charge in [-0.3, -0.25) is 14.9 Å². The van der Waals surface area contributed by atoms with Gasteiger partial charge in [-0.15, -0.1) is 0 Å². The lowest BCUT2D eigenvalue weighted by atomic mass is 9.96. The third kappa shape index (κ3) is 4.87. The number of non-ortho nitro benzene ring substituents is 1. The number of oxazole rings is 1. The van der Waals surface area contributed by atoms with Crippen molar-refractivity contribution in [2.75, 3.05) is 0 Å². The monoisotopic (exact) mass is 424 g/mol. The van der Waals surface area contributed by atoms with Gasteiger partial charge in [-0.1, -0.05) is 48.5 Å². The van der Waals surface area contributed by atoms with Crippen molar-refractivity contribution in [3.05, 3.63) is 112 Å². The zero-order valence-corrected chi connectivity index (χ0v) is 17.4. The van der Waals surface area contributed by atoms with Crippen molar-refractivity contribution in [1.82, 2.24) is 4.98 Å². The van der Waals surface area contributed by atoms with Crippen molar-refractivity contribution in [3.63, 3.8) is 0 Å². The molecule has 158 valence electrons. The van der Waals surface area contributed by atoms with Crippen LogP contribution in [0, 0.1) is 17.0 Å². The second-order valence-corrected chi connectivity index (χ2v) is 7.39. The van der Waals surface area contributed by atoms with Crippen LogP contribution in [0.5, 0.6) is 0 Å². The van der Waals surface area contributed by atoms with E-state index < -0.39 is 4.92 Å². The minimum atomic E-state index is -0.455. The molecule has 0 aliphatic rings. The van der Waals surface area contributed by atoms with Crippen LogP contribution in [0.2, 0.25) is 0 Å². The topological polar surface area (TPSA) is 86.2 Å². The Bertz CT molecular complexity index is 1290. The summed E-state index contributed by atoms with van der Waals surface area (Å²) in [5.74, 6) is 0.496. The summed E-state index contributed by atoms with van der Waals surface area (Å²) in [6.45, 7) is 2.05. The zero-order valence-electron chi connectivity index (χ0n) is 17.4. The molecule has 0 amide bonds. The highest BCUT2D eigenvalue weighted by atomic mass is 16.6. The van der Waals surface area contributed by atoms with Gasteiger partial charge in [0, 0.05) is 24.1 Å². The van der Waals surface area contributed by atoms with Crippen LogP contribution >= 0.6 is 0 Å². The third-order valence-electron chi connectivity index (χ3n) is 5.10. The minimum Gasteiger partial charge on any atom is -0.445 e. The lowest BCUT2D eigenvalue weighted by Crippen LogP contribution is -1.98. The van der Waals surface area contributed by atoms with Gasteiger partial charge in [0.2, 0.25) is 5.89 Å². The standard InChI is InChI=1S/C26H20N2O4/c1-18-5-9-22(26-27-13-14-32-26)17-25(18)21-10-6-20(7-11-21)16-24(29)12-8-19-3-2-4-23(15-19)28(30)31/h2-15,17H,16H2,1H3/b12-8+. The average molecular weight is 424 g/mol. The largest absolute Gasteiger partial charge is 0.445 e.